The molecule has 0 aliphatic rings. The van der Waals surface area contributed by atoms with Gasteiger partial charge in [0, 0.05) is 13.0 Å². The zero-order valence-electron chi connectivity index (χ0n) is 12.5. The average molecular weight is 337 g/mol. The van der Waals surface area contributed by atoms with Gasteiger partial charge in [0.2, 0.25) is 0 Å². The third-order valence-electron chi connectivity index (χ3n) is 3.09. The van der Waals surface area contributed by atoms with Crippen molar-refractivity contribution in [1.82, 2.24) is 5.32 Å². The highest BCUT2D eigenvalue weighted by atomic mass is 35.5. The van der Waals surface area contributed by atoms with Crippen molar-refractivity contribution < 1.29 is 19.1 Å². The zero-order valence-corrected chi connectivity index (χ0v) is 13.3. The van der Waals surface area contributed by atoms with Crippen LogP contribution in [0.2, 0.25) is 5.02 Å². The molecule has 122 valence electrons. The highest BCUT2D eigenvalue weighted by molar-refractivity contribution is 6.41. The van der Waals surface area contributed by atoms with Crippen LogP contribution >= 0.6 is 11.6 Å². The van der Waals surface area contributed by atoms with Crippen LogP contribution in [0.25, 0.3) is 0 Å². The summed E-state index contributed by atoms with van der Waals surface area (Å²) >= 11 is 5.91. The summed E-state index contributed by atoms with van der Waals surface area (Å²) in [6.45, 7) is 1.45. The Kier molecular flexibility index (Phi) is 5.41. The Bertz CT molecular complexity index is 683. The second-order valence-electron chi connectivity index (χ2n) is 5.37. The SMILES string of the molecule is CC(O)(CNC(=O)C(=O)Nc1ccccc1Cl)Cc1ccco1. The number of anilines is 1. The van der Waals surface area contributed by atoms with Crippen molar-refractivity contribution in [1.29, 1.82) is 0 Å². The van der Waals surface area contributed by atoms with Gasteiger partial charge in [-0.2, -0.15) is 0 Å². The lowest BCUT2D eigenvalue weighted by molar-refractivity contribution is -0.136. The standard InChI is InChI=1S/C16H17ClN2O4/c1-16(22,9-11-5-4-8-23-11)10-18-14(20)15(21)19-13-7-3-2-6-12(13)17/h2-8,22H,9-10H2,1H3,(H,18,20)(H,19,21). The quantitative estimate of drug-likeness (QED) is 0.728. The Morgan fingerprint density at radius 3 is 2.61 bits per heavy atom. The minimum Gasteiger partial charge on any atom is -0.469 e. The molecule has 1 heterocycles. The second-order valence-corrected chi connectivity index (χ2v) is 5.78. The zero-order chi connectivity index (χ0) is 16.9. The summed E-state index contributed by atoms with van der Waals surface area (Å²) in [6.07, 6.45) is 1.72. The molecule has 0 aliphatic heterocycles. The van der Waals surface area contributed by atoms with Crippen LogP contribution in [0.4, 0.5) is 5.69 Å². The molecular weight excluding hydrogens is 320 g/mol. The number of aliphatic hydroxyl groups is 1. The van der Waals surface area contributed by atoms with Crippen LogP contribution in [-0.2, 0) is 16.0 Å². The Morgan fingerprint density at radius 1 is 1.22 bits per heavy atom. The third-order valence-corrected chi connectivity index (χ3v) is 3.42. The first-order valence-corrected chi connectivity index (χ1v) is 7.34. The number of rotatable bonds is 5. The van der Waals surface area contributed by atoms with Gasteiger partial charge in [-0.15, -0.1) is 0 Å². The van der Waals surface area contributed by atoms with E-state index in [-0.39, 0.29) is 13.0 Å². The van der Waals surface area contributed by atoms with Gasteiger partial charge in [-0.1, -0.05) is 23.7 Å². The molecule has 2 amide bonds. The minimum atomic E-state index is -1.24. The lowest BCUT2D eigenvalue weighted by Gasteiger charge is -2.22. The number of nitrogens with one attached hydrogen (secondary N) is 2. The topological polar surface area (TPSA) is 91.6 Å². The molecule has 3 N–H and O–H groups in total. The normalized spacial score (nSPS) is 13.2. The van der Waals surface area contributed by atoms with Crippen molar-refractivity contribution >= 4 is 29.1 Å². The Balaban J connectivity index is 1.86. The maximum Gasteiger partial charge on any atom is 0.313 e. The number of halogens is 1. The van der Waals surface area contributed by atoms with E-state index in [1.807, 2.05) is 0 Å². The van der Waals surface area contributed by atoms with Crippen molar-refractivity contribution in [2.45, 2.75) is 18.9 Å². The van der Waals surface area contributed by atoms with Crippen LogP contribution in [-0.4, -0.2) is 29.1 Å². The van der Waals surface area contributed by atoms with Crippen LogP contribution in [0.15, 0.2) is 47.1 Å². The Labute approximate surface area is 138 Å². The smallest absolute Gasteiger partial charge is 0.313 e. The fourth-order valence-corrected chi connectivity index (χ4v) is 2.13. The summed E-state index contributed by atoms with van der Waals surface area (Å²) in [5.41, 5.74) is -0.894. The van der Waals surface area contributed by atoms with Gasteiger partial charge >= 0.3 is 11.8 Å². The Hall–Kier alpha value is -2.31. The number of para-hydroxylation sites is 1. The lowest BCUT2D eigenvalue weighted by atomic mass is 10.0. The molecule has 0 fully saturated rings. The average Bonchev–Trinajstić information content (AvgIpc) is 2.99. The van der Waals surface area contributed by atoms with Gasteiger partial charge in [0.25, 0.3) is 0 Å². The van der Waals surface area contributed by atoms with E-state index in [9.17, 15) is 14.7 Å². The summed E-state index contributed by atoms with van der Waals surface area (Å²) in [4.78, 5) is 23.6. The molecule has 0 bridgehead atoms. The Morgan fingerprint density at radius 2 is 1.96 bits per heavy atom. The minimum absolute atomic E-state index is 0.0948. The molecule has 2 rings (SSSR count). The fourth-order valence-electron chi connectivity index (χ4n) is 1.94. The first-order valence-electron chi connectivity index (χ1n) is 6.96. The first-order chi connectivity index (χ1) is 10.9. The summed E-state index contributed by atoms with van der Waals surface area (Å²) in [7, 11) is 0. The molecule has 0 saturated heterocycles. The van der Waals surface area contributed by atoms with Gasteiger partial charge < -0.3 is 20.2 Å². The maximum absolute atomic E-state index is 11.8. The van der Waals surface area contributed by atoms with Crippen molar-refractivity contribution in [3.63, 3.8) is 0 Å². The van der Waals surface area contributed by atoms with Crippen LogP contribution in [0.3, 0.4) is 0 Å². The fraction of sp³-hybridized carbons (Fsp3) is 0.250. The molecular formula is C16H17ClN2O4. The number of amides is 2. The number of carbonyl (C=O) groups excluding carboxylic acids is 2. The molecule has 0 aliphatic carbocycles. The summed E-state index contributed by atoms with van der Waals surface area (Å²) in [5.74, 6) is -1.12. The van der Waals surface area contributed by atoms with E-state index in [2.05, 4.69) is 10.6 Å². The molecule has 1 atom stereocenters. The van der Waals surface area contributed by atoms with E-state index in [0.717, 1.165) is 0 Å². The maximum atomic E-state index is 11.8. The number of benzene rings is 1. The van der Waals surface area contributed by atoms with Gasteiger partial charge in [0.15, 0.2) is 0 Å². The number of hydrogen-bond acceptors (Lipinski definition) is 4. The van der Waals surface area contributed by atoms with E-state index < -0.39 is 17.4 Å². The largest absolute Gasteiger partial charge is 0.469 e. The van der Waals surface area contributed by atoms with E-state index in [1.165, 1.54) is 6.26 Å². The molecule has 0 radical (unpaired) electrons. The molecule has 2 aromatic rings. The van der Waals surface area contributed by atoms with Crippen LogP contribution in [0.1, 0.15) is 12.7 Å². The predicted octanol–water partition coefficient (Wildman–Crippen LogP) is 1.98. The number of hydrogen-bond donors (Lipinski definition) is 3. The van der Waals surface area contributed by atoms with Crippen LogP contribution in [0, 0.1) is 0 Å². The lowest BCUT2D eigenvalue weighted by Crippen LogP contribution is -2.45. The second kappa shape index (κ2) is 7.30. The predicted molar refractivity (Wildman–Crippen MR) is 86.1 cm³/mol. The van der Waals surface area contributed by atoms with Gasteiger partial charge in [0.1, 0.15) is 5.76 Å². The van der Waals surface area contributed by atoms with Gasteiger partial charge in [-0.25, -0.2) is 0 Å². The van der Waals surface area contributed by atoms with Crippen molar-refractivity contribution in [2.75, 3.05) is 11.9 Å². The number of carbonyl (C=O) groups is 2. The van der Waals surface area contributed by atoms with Gasteiger partial charge in [-0.3, -0.25) is 9.59 Å². The molecule has 0 spiro atoms. The van der Waals surface area contributed by atoms with Crippen molar-refractivity contribution in [2.24, 2.45) is 0 Å². The first kappa shape index (κ1) is 17.1. The van der Waals surface area contributed by atoms with Crippen molar-refractivity contribution in [3.8, 4) is 0 Å². The van der Waals surface area contributed by atoms with E-state index >= 15 is 0 Å². The van der Waals surface area contributed by atoms with Crippen LogP contribution in [0.5, 0.6) is 0 Å². The van der Waals surface area contributed by atoms with E-state index in [4.69, 9.17) is 16.0 Å². The van der Waals surface area contributed by atoms with Crippen molar-refractivity contribution in [3.05, 3.63) is 53.4 Å². The highest BCUT2D eigenvalue weighted by Crippen LogP contribution is 2.20. The molecule has 1 unspecified atom stereocenters. The van der Waals surface area contributed by atoms with Crippen LogP contribution < -0.4 is 10.6 Å². The molecule has 23 heavy (non-hydrogen) atoms. The molecule has 7 heteroatoms. The molecule has 0 saturated carbocycles. The number of furan rings is 1. The monoisotopic (exact) mass is 336 g/mol. The van der Waals surface area contributed by atoms with E-state index in [0.29, 0.717) is 16.5 Å². The van der Waals surface area contributed by atoms with Gasteiger partial charge in [0.05, 0.1) is 22.6 Å². The molecule has 1 aromatic heterocycles. The highest BCUT2D eigenvalue weighted by Gasteiger charge is 2.25. The van der Waals surface area contributed by atoms with Gasteiger partial charge in [-0.05, 0) is 31.2 Å². The summed E-state index contributed by atoms with van der Waals surface area (Å²) in [5, 5.41) is 15.4. The molecule has 6 nitrogen and oxygen atoms in total. The van der Waals surface area contributed by atoms with E-state index in [1.54, 1.807) is 43.3 Å². The summed E-state index contributed by atoms with van der Waals surface area (Å²) < 4.78 is 5.15. The third kappa shape index (κ3) is 5.12. The summed E-state index contributed by atoms with van der Waals surface area (Å²) in [6, 6.07) is 10.0. The molecule has 1 aromatic carbocycles.